The van der Waals surface area contributed by atoms with Crippen LogP contribution in [0, 0.1) is 0 Å². The molecule has 0 aliphatic carbocycles. The molecule has 34 heavy (non-hydrogen) atoms. The number of anilines is 2. The fraction of sp³-hybridized carbons (Fsp3) is 0.481. The Hall–Kier alpha value is -2.90. The van der Waals surface area contributed by atoms with Crippen LogP contribution in [0.2, 0.25) is 0 Å². The fourth-order valence-corrected chi connectivity index (χ4v) is 4.93. The molecule has 1 unspecified atom stereocenters. The van der Waals surface area contributed by atoms with Gasteiger partial charge in [-0.25, -0.2) is 9.97 Å². The summed E-state index contributed by atoms with van der Waals surface area (Å²) in [5.41, 5.74) is 5.25. The third kappa shape index (κ3) is 4.95. The summed E-state index contributed by atoms with van der Waals surface area (Å²) < 4.78 is 11.5. The standard InChI is InChI=1S/C27H35N5O2/c1-30(2)21-7-8-23-25(16-21)29-24(17-26(23)32-13-10-22(19-32)33-3)20-6-9-27(28-18-20)34-15-14-31-11-4-5-12-31/h6-9,16-18,22H,4-5,10-15,19H2,1-3H3. The highest BCUT2D eigenvalue weighted by Crippen LogP contribution is 2.35. The number of ether oxygens (including phenoxy) is 2. The van der Waals surface area contributed by atoms with Crippen LogP contribution in [-0.4, -0.2) is 81.5 Å². The van der Waals surface area contributed by atoms with Crippen molar-refractivity contribution in [3.63, 3.8) is 0 Å². The number of aromatic nitrogens is 2. The predicted molar refractivity (Wildman–Crippen MR) is 138 cm³/mol. The summed E-state index contributed by atoms with van der Waals surface area (Å²) in [6, 6.07) is 12.7. The number of nitrogens with zero attached hydrogens (tertiary/aromatic N) is 5. The van der Waals surface area contributed by atoms with E-state index in [2.05, 4.69) is 64.1 Å². The fourth-order valence-electron chi connectivity index (χ4n) is 4.93. The van der Waals surface area contributed by atoms with Gasteiger partial charge in [0.25, 0.3) is 0 Å². The van der Waals surface area contributed by atoms with E-state index in [-0.39, 0.29) is 6.10 Å². The third-order valence-corrected chi connectivity index (χ3v) is 7.00. The van der Waals surface area contributed by atoms with Gasteiger partial charge in [-0.15, -0.1) is 0 Å². The van der Waals surface area contributed by atoms with Gasteiger partial charge in [0.15, 0.2) is 0 Å². The molecule has 2 aromatic heterocycles. The van der Waals surface area contributed by atoms with Gasteiger partial charge in [-0.1, -0.05) is 0 Å². The van der Waals surface area contributed by atoms with E-state index in [1.54, 1.807) is 7.11 Å². The molecular weight excluding hydrogens is 426 g/mol. The van der Waals surface area contributed by atoms with Crippen LogP contribution >= 0.6 is 0 Å². The SMILES string of the molecule is COC1CCN(c2cc(-c3ccc(OCCN4CCCC4)nc3)nc3cc(N(C)C)ccc23)C1. The second kappa shape index (κ2) is 10.2. The lowest BCUT2D eigenvalue weighted by atomic mass is 10.1. The lowest BCUT2D eigenvalue weighted by Gasteiger charge is -2.22. The summed E-state index contributed by atoms with van der Waals surface area (Å²) in [6.07, 6.45) is 5.78. The van der Waals surface area contributed by atoms with Crippen LogP contribution in [0.1, 0.15) is 19.3 Å². The van der Waals surface area contributed by atoms with Crippen molar-refractivity contribution < 1.29 is 9.47 Å². The second-order valence-corrected chi connectivity index (χ2v) is 9.50. The molecular formula is C27H35N5O2. The molecule has 4 heterocycles. The summed E-state index contributed by atoms with van der Waals surface area (Å²) in [5, 5.41) is 1.17. The van der Waals surface area contributed by atoms with Crippen LogP contribution in [0.15, 0.2) is 42.6 Å². The van der Waals surface area contributed by atoms with Gasteiger partial charge in [0, 0.05) is 75.4 Å². The van der Waals surface area contributed by atoms with E-state index in [0.717, 1.165) is 48.5 Å². The number of pyridine rings is 2. The van der Waals surface area contributed by atoms with Crippen molar-refractivity contribution in [2.45, 2.75) is 25.4 Å². The topological polar surface area (TPSA) is 54.0 Å². The molecule has 0 N–H and O–H groups in total. The van der Waals surface area contributed by atoms with Gasteiger partial charge in [-0.2, -0.15) is 0 Å². The third-order valence-electron chi connectivity index (χ3n) is 7.00. The van der Waals surface area contributed by atoms with E-state index < -0.39 is 0 Å². The van der Waals surface area contributed by atoms with Gasteiger partial charge in [-0.3, -0.25) is 4.90 Å². The number of hydrogen-bond acceptors (Lipinski definition) is 7. The molecule has 0 bridgehead atoms. The Morgan fingerprint density at radius 2 is 1.91 bits per heavy atom. The Labute approximate surface area is 202 Å². The lowest BCUT2D eigenvalue weighted by molar-refractivity contribution is 0.121. The molecule has 0 saturated carbocycles. The molecule has 7 heteroatoms. The second-order valence-electron chi connectivity index (χ2n) is 9.50. The molecule has 1 atom stereocenters. The zero-order chi connectivity index (χ0) is 23.5. The molecule has 0 spiro atoms. The van der Waals surface area contributed by atoms with E-state index in [0.29, 0.717) is 12.5 Å². The molecule has 3 aromatic rings. The average molecular weight is 462 g/mol. The minimum Gasteiger partial charge on any atom is -0.476 e. The Bertz CT molecular complexity index is 1110. The van der Waals surface area contributed by atoms with Gasteiger partial charge >= 0.3 is 0 Å². The first-order chi connectivity index (χ1) is 16.6. The summed E-state index contributed by atoms with van der Waals surface area (Å²) in [6.45, 7) is 5.88. The number of hydrogen-bond donors (Lipinski definition) is 0. The van der Waals surface area contributed by atoms with Gasteiger partial charge in [-0.05, 0) is 62.7 Å². The maximum atomic E-state index is 5.90. The van der Waals surface area contributed by atoms with Crippen LogP contribution < -0.4 is 14.5 Å². The molecule has 180 valence electrons. The summed E-state index contributed by atoms with van der Waals surface area (Å²) in [4.78, 5) is 16.6. The van der Waals surface area contributed by atoms with Crippen molar-refractivity contribution in [3.8, 4) is 17.1 Å². The highest BCUT2D eigenvalue weighted by Gasteiger charge is 2.24. The quantitative estimate of drug-likeness (QED) is 0.501. The molecule has 1 aromatic carbocycles. The van der Waals surface area contributed by atoms with Crippen molar-refractivity contribution in [1.29, 1.82) is 0 Å². The molecule has 0 amide bonds. The zero-order valence-corrected chi connectivity index (χ0v) is 20.5. The maximum absolute atomic E-state index is 5.90. The highest BCUT2D eigenvalue weighted by molar-refractivity contribution is 5.96. The van der Waals surface area contributed by atoms with Crippen LogP contribution in [0.4, 0.5) is 11.4 Å². The van der Waals surface area contributed by atoms with Crippen LogP contribution in [-0.2, 0) is 4.74 Å². The number of benzene rings is 1. The molecule has 2 aliphatic rings. The van der Waals surface area contributed by atoms with Crippen molar-refractivity contribution in [1.82, 2.24) is 14.9 Å². The Balaban J connectivity index is 1.41. The summed E-state index contributed by atoms with van der Waals surface area (Å²) >= 11 is 0. The number of likely N-dealkylation sites (tertiary alicyclic amines) is 1. The minimum atomic E-state index is 0.270. The summed E-state index contributed by atoms with van der Waals surface area (Å²) in [7, 11) is 5.91. The monoisotopic (exact) mass is 461 g/mol. The van der Waals surface area contributed by atoms with E-state index >= 15 is 0 Å². The molecule has 2 saturated heterocycles. The molecule has 7 nitrogen and oxygen atoms in total. The molecule has 2 aliphatic heterocycles. The molecule has 2 fully saturated rings. The van der Waals surface area contributed by atoms with E-state index in [1.165, 1.54) is 37.0 Å². The lowest BCUT2D eigenvalue weighted by Crippen LogP contribution is -2.25. The Kier molecular flexibility index (Phi) is 6.83. The first-order valence-electron chi connectivity index (χ1n) is 12.3. The van der Waals surface area contributed by atoms with Crippen LogP contribution in [0.25, 0.3) is 22.2 Å². The van der Waals surface area contributed by atoms with Crippen molar-refractivity contribution in [2.24, 2.45) is 0 Å². The van der Waals surface area contributed by atoms with E-state index in [1.807, 2.05) is 12.3 Å². The average Bonchev–Trinajstić information content (AvgIpc) is 3.56. The number of rotatable bonds is 8. The first-order valence-corrected chi connectivity index (χ1v) is 12.3. The number of methoxy groups -OCH3 is 1. The van der Waals surface area contributed by atoms with Crippen LogP contribution in [0.3, 0.4) is 0 Å². The van der Waals surface area contributed by atoms with Gasteiger partial charge < -0.3 is 19.3 Å². The van der Waals surface area contributed by atoms with E-state index in [4.69, 9.17) is 14.5 Å². The van der Waals surface area contributed by atoms with Crippen LogP contribution in [0.5, 0.6) is 5.88 Å². The van der Waals surface area contributed by atoms with Gasteiger partial charge in [0.1, 0.15) is 6.61 Å². The summed E-state index contributed by atoms with van der Waals surface area (Å²) in [5.74, 6) is 0.668. The highest BCUT2D eigenvalue weighted by atomic mass is 16.5. The predicted octanol–water partition coefficient (Wildman–Crippen LogP) is 4.06. The van der Waals surface area contributed by atoms with Gasteiger partial charge in [0.05, 0.1) is 17.3 Å². The van der Waals surface area contributed by atoms with Gasteiger partial charge in [0.2, 0.25) is 5.88 Å². The van der Waals surface area contributed by atoms with Crippen molar-refractivity contribution in [2.75, 3.05) is 70.3 Å². The number of fused-ring (bicyclic) bond motifs is 1. The molecule has 0 radical (unpaired) electrons. The minimum absolute atomic E-state index is 0.270. The van der Waals surface area contributed by atoms with E-state index in [9.17, 15) is 0 Å². The largest absolute Gasteiger partial charge is 0.476 e. The van der Waals surface area contributed by atoms with Crippen molar-refractivity contribution in [3.05, 3.63) is 42.6 Å². The molecule has 5 rings (SSSR count). The normalized spacial score (nSPS) is 18.7. The van der Waals surface area contributed by atoms with Crippen molar-refractivity contribution >= 4 is 22.3 Å². The Morgan fingerprint density at radius 1 is 1.06 bits per heavy atom. The Morgan fingerprint density at radius 3 is 2.62 bits per heavy atom. The first kappa shape index (κ1) is 22.9. The smallest absolute Gasteiger partial charge is 0.213 e. The maximum Gasteiger partial charge on any atom is 0.213 e. The zero-order valence-electron chi connectivity index (χ0n) is 20.5.